The number of methoxy groups -OCH3 is 2. The van der Waals surface area contributed by atoms with Crippen LogP contribution in [0.25, 0.3) is 0 Å². The maximum atomic E-state index is 13.2. The van der Waals surface area contributed by atoms with Gasteiger partial charge in [0.1, 0.15) is 23.3 Å². The minimum atomic E-state index is -0.582. The predicted octanol–water partition coefficient (Wildman–Crippen LogP) is 3.81. The zero-order valence-corrected chi connectivity index (χ0v) is 19.4. The van der Waals surface area contributed by atoms with E-state index in [-0.39, 0.29) is 18.4 Å². The molecule has 0 heterocycles. The lowest BCUT2D eigenvalue weighted by Crippen LogP contribution is -2.50. The van der Waals surface area contributed by atoms with Crippen molar-refractivity contribution in [3.05, 3.63) is 54.1 Å². The van der Waals surface area contributed by atoms with E-state index in [2.05, 4.69) is 12.2 Å². The van der Waals surface area contributed by atoms with E-state index in [4.69, 9.17) is 14.2 Å². The van der Waals surface area contributed by atoms with Crippen molar-refractivity contribution in [1.82, 2.24) is 10.2 Å². The van der Waals surface area contributed by atoms with Gasteiger partial charge in [-0.2, -0.15) is 0 Å². The Labute approximate surface area is 190 Å². The summed E-state index contributed by atoms with van der Waals surface area (Å²) in [6.07, 6.45) is 2.39. The van der Waals surface area contributed by atoms with Crippen LogP contribution in [0, 0.1) is 0 Å². The lowest BCUT2D eigenvalue weighted by molar-refractivity contribution is -0.143. The molecule has 0 saturated heterocycles. The van der Waals surface area contributed by atoms with E-state index in [0.29, 0.717) is 31.0 Å². The van der Waals surface area contributed by atoms with Gasteiger partial charge in [-0.25, -0.2) is 0 Å². The Morgan fingerprint density at radius 1 is 0.906 bits per heavy atom. The fourth-order valence-corrected chi connectivity index (χ4v) is 3.25. The van der Waals surface area contributed by atoms with E-state index in [1.165, 1.54) is 0 Å². The molecule has 0 aliphatic heterocycles. The molecule has 0 radical (unpaired) electrons. The second-order valence-electron chi connectivity index (χ2n) is 7.40. The van der Waals surface area contributed by atoms with Gasteiger partial charge in [0.2, 0.25) is 5.91 Å². The molecule has 32 heavy (non-hydrogen) atoms. The first kappa shape index (κ1) is 25.0. The molecular formula is C25H34N2O5. The average molecular weight is 443 g/mol. The van der Waals surface area contributed by atoms with E-state index >= 15 is 0 Å². The van der Waals surface area contributed by atoms with Gasteiger partial charge in [-0.15, -0.1) is 0 Å². The van der Waals surface area contributed by atoms with Gasteiger partial charge in [0, 0.05) is 13.1 Å². The molecule has 0 spiro atoms. The topological polar surface area (TPSA) is 77.1 Å². The molecule has 0 aliphatic carbocycles. The lowest BCUT2D eigenvalue weighted by atomic mass is 10.1. The normalized spacial score (nSPS) is 11.4. The number of carbonyl (C=O) groups excluding carboxylic acids is 2. The molecule has 7 nitrogen and oxygen atoms in total. The molecule has 0 fully saturated rings. The molecule has 1 atom stereocenters. The van der Waals surface area contributed by atoms with Crippen molar-refractivity contribution >= 4 is 11.8 Å². The Bertz CT molecular complexity index is 836. The van der Waals surface area contributed by atoms with E-state index in [1.54, 1.807) is 43.4 Å². The molecule has 2 amide bonds. The maximum Gasteiger partial charge on any atom is 0.261 e. The Morgan fingerprint density at radius 3 is 2.00 bits per heavy atom. The highest BCUT2D eigenvalue weighted by atomic mass is 16.5. The van der Waals surface area contributed by atoms with Crippen molar-refractivity contribution in [3.63, 3.8) is 0 Å². The van der Waals surface area contributed by atoms with Crippen LogP contribution >= 0.6 is 0 Å². The highest BCUT2D eigenvalue weighted by Crippen LogP contribution is 2.19. The van der Waals surface area contributed by atoms with Crippen LogP contribution in [0.5, 0.6) is 17.2 Å². The van der Waals surface area contributed by atoms with Crippen molar-refractivity contribution in [2.45, 2.75) is 45.7 Å². The van der Waals surface area contributed by atoms with Crippen LogP contribution < -0.4 is 19.5 Å². The number of rotatable bonds is 13. The highest BCUT2D eigenvalue weighted by molar-refractivity contribution is 5.88. The fourth-order valence-electron chi connectivity index (χ4n) is 3.25. The van der Waals surface area contributed by atoms with Crippen LogP contribution in [-0.2, 0) is 16.1 Å². The summed E-state index contributed by atoms with van der Waals surface area (Å²) >= 11 is 0. The molecule has 1 unspecified atom stereocenters. The molecule has 0 saturated carbocycles. The van der Waals surface area contributed by atoms with Gasteiger partial charge in [-0.1, -0.05) is 32.4 Å². The first-order valence-electron chi connectivity index (χ1n) is 11.0. The SMILES string of the molecule is CCCCNC(=O)C(CC)N(Cc1ccc(OC)cc1)C(=O)COc1ccc(OC)cc1. The van der Waals surface area contributed by atoms with Gasteiger partial charge < -0.3 is 24.4 Å². The Kier molecular flexibility index (Phi) is 10.4. The molecule has 7 heteroatoms. The molecule has 2 rings (SSSR count). The molecular weight excluding hydrogens is 408 g/mol. The standard InChI is InChI=1S/C25H34N2O5/c1-5-7-16-26-25(29)23(6-2)27(17-19-8-10-20(30-3)11-9-19)24(28)18-32-22-14-12-21(31-4)13-15-22/h8-15,23H,5-7,16-18H2,1-4H3,(H,26,29). The Balaban J connectivity index is 2.15. The molecule has 174 valence electrons. The summed E-state index contributed by atoms with van der Waals surface area (Å²) in [6.45, 7) is 4.71. The van der Waals surface area contributed by atoms with Gasteiger partial charge in [-0.3, -0.25) is 9.59 Å². The van der Waals surface area contributed by atoms with Gasteiger partial charge in [0.15, 0.2) is 6.61 Å². The van der Waals surface area contributed by atoms with Crippen molar-refractivity contribution < 1.29 is 23.8 Å². The van der Waals surface area contributed by atoms with Gasteiger partial charge in [0.05, 0.1) is 14.2 Å². The number of amides is 2. The third-order valence-corrected chi connectivity index (χ3v) is 5.15. The van der Waals surface area contributed by atoms with Gasteiger partial charge in [-0.05, 0) is 54.8 Å². The van der Waals surface area contributed by atoms with Crippen molar-refractivity contribution in [1.29, 1.82) is 0 Å². The lowest BCUT2D eigenvalue weighted by Gasteiger charge is -2.30. The summed E-state index contributed by atoms with van der Waals surface area (Å²) < 4.78 is 16.1. The number of benzene rings is 2. The predicted molar refractivity (Wildman–Crippen MR) is 124 cm³/mol. The van der Waals surface area contributed by atoms with E-state index in [1.807, 2.05) is 31.2 Å². The smallest absolute Gasteiger partial charge is 0.261 e. The summed E-state index contributed by atoms with van der Waals surface area (Å²) in [4.78, 5) is 27.6. The van der Waals surface area contributed by atoms with E-state index < -0.39 is 6.04 Å². The highest BCUT2D eigenvalue weighted by Gasteiger charge is 2.28. The fraction of sp³-hybridized carbons (Fsp3) is 0.440. The summed E-state index contributed by atoms with van der Waals surface area (Å²) in [6, 6.07) is 13.9. The Hall–Kier alpha value is -3.22. The largest absolute Gasteiger partial charge is 0.497 e. The monoisotopic (exact) mass is 442 g/mol. The van der Waals surface area contributed by atoms with Crippen LogP contribution in [-0.4, -0.2) is 50.1 Å². The number of nitrogens with zero attached hydrogens (tertiary/aromatic N) is 1. The third-order valence-electron chi connectivity index (χ3n) is 5.15. The first-order chi connectivity index (χ1) is 15.5. The molecule has 2 aromatic carbocycles. The van der Waals surface area contributed by atoms with Crippen molar-refractivity contribution in [3.8, 4) is 17.2 Å². The van der Waals surface area contributed by atoms with Crippen molar-refractivity contribution in [2.75, 3.05) is 27.4 Å². The van der Waals surface area contributed by atoms with Crippen LogP contribution in [0.1, 0.15) is 38.7 Å². The number of hydrogen-bond acceptors (Lipinski definition) is 5. The number of unbranched alkanes of at least 4 members (excludes halogenated alkanes) is 1. The zero-order chi connectivity index (χ0) is 23.3. The minimum absolute atomic E-state index is 0.146. The molecule has 0 aromatic heterocycles. The summed E-state index contributed by atoms with van der Waals surface area (Å²) in [5.74, 6) is 1.60. The average Bonchev–Trinajstić information content (AvgIpc) is 2.83. The van der Waals surface area contributed by atoms with Crippen LogP contribution in [0.4, 0.5) is 0 Å². The number of carbonyl (C=O) groups is 2. The minimum Gasteiger partial charge on any atom is -0.497 e. The van der Waals surface area contributed by atoms with Gasteiger partial charge in [0.25, 0.3) is 5.91 Å². The molecule has 0 aliphatic rings. The van der Waals surface area contributed by atoms with Crippen molar-refractivity contribution in [2.24, 2.45) is 0 Å². The number of ether oxygens (including phenoxy) is 3. The third kappa shape index (κ3) is 7.48. The van der Waals surface area contributed by atoms with Crippen LogP contribution in [0.15, 0.2) is 48.5 Å². The number of nitrogens with one attached hydrogen (secondary N) is 1. The summed E-state index contributed by atoms with van der Waals surface area (Å²) in [7, 11) is 3.20. The second-order valence-corrected chi connectivity index (χ2v) is 7.40. The van der Waals surface area contributed by atoms with E-state index in [9.17, 15) is 9.59 Å². The molecule has 1 N–H and O–H groups in total. The second kappa shape index (κ2) is 13.2. The Morgan fingerprint density at radius 2 is 1.47 bits per heavy atom. The summed E-state index contributed by atoms with van der Waals surface area (Å²) in [5.41, 5.74) is 0.906. The quantitative estimate of drug-likeness (QED) is 0.478. The summed E-state index contributed by atoms with van der Waals surface area (Å²) in [5, 5.41) is 2.95. The van der Waals surface area contributed by atoms with Crippen LogP contribution in [0.2, 0.25) is 0 Å². The molecule has 0 bridgehead atoms. The molecule has 2 aromatic rings. The van der Waals surface area contributed by atoms with Crippen LogP contribution in [0.3, 0.4) is 0 Å². The van der Waals surface area contributed by atoms with Gasteiger partial charge >= 0.3 is 0 Å². The zero-order valence-electron chi connectivity index (χ0n) is 19.4. The first-order valence-corrected chi connectivity index (χ1v) is 11.0. The number of hydrogen-bond donors (Lipinski definition) is 1. The maximum absolute atomic E-state index is 13.2. The van der Waals surface area contributed by atoms with E-state index in [0.717, 1.165) is 24.2 Å².